The van der Waals surface area contributed by atoms with E-state index in [4.69, 9.17) is 4.74 Å². The molecule has 1 aromatic rings. The maximum atomic E-state index is 11.8. The molecule has 0 bridgehead atoms. The van der Waals surface area contributed by atoms with Crippen molar-refractivity contribution < 1.29 is 9.53 Å². The summed E-state index contributed by atoms with van der Waals surface area (Å²) in [5.41, 5.74) is 0.862. The third kappa shape index (κ3) is 4.56. The fourth-order valence-electron chi connectivity index (χ4n) is 2.04. The van der Waals surface area contributed by atoms with Crippen LogP contribution in [0.25, 0.3) is 0 Å². The van der Waals surface area contributed by atoms with E-state index in [1.807, 2.05) is 5.38 Å². The van der Waals surface area contributed by atoms with Gasteiger partial charge >= 0.3 is 0 Å². The van der Waals surface area contributed by atoms with Gasteiger partial charge in [0.1, 0.15) is 0 Å². The Labute approximate surface area is 118 Å². The van der Waals surface area contributed by atoms with Crippen molar-refractivity contribution in [1.82, 2.24) is 15.2 Å². The Kier molecular flexibility index (Phi) is 5.30. The summed E-state index contributed by atoms with van der Waals surface area (Å²) in [5, 5.41) is 5.97. The zero-order chi connectivity index (χ0) is 13.7. The number of ether oxygens (including phenoxy) is 1. The van der Waals surface area contributed by atoms with Gasteiger partial charge in [0.05, 0.1) is 29.8 Å². The number of hydrogen-bond donors (Lipinski definition) is 1. The van der Waals surface area contributed by atoms with Gasteiger partial charge in [-0.3, -0.25) is 4.79 Å². The number of morpholine rings is 1. The van der Waals surface area contributed by atoms with Gasteiger partial charge in [0.15, 0.2) is 0 Å². The molecule has 0 aliphatic carbocycles. The minimum Gasteiger partial charge on any atom is -0.374 e. The van der Waals surface area contributed by atoms with E-state index < -0.39 is 0 Å². The second-order valence-electron chi connectivity index (χ2n) is 4.82. The van der Waals surface area contributed by atoms with Crippen LogP contribution in [0.1, 0.15) is 17.6 Å². The number of hydrogen-bond acceptors (Lipinski definition) is 5. The number of nitrogens with one attached hydrogen (secondary N) is 1. The molecule has 0 radical (unpaired) electrons. The molecule has 2 rings (SSSR count). The zero-order valence-corrected chi connectivity index (χ0v) is 12.3. The summed E-state index contributed by atoms with van der Waals surface area (Å²) < 4.78 is 5.60. The minimum atomic E-state index is 0.0183. The number of aromatic nitrogens is 1. The van der Waals surface area contributed by atoms with Gasteiger partial charge in [0.25, 0.3) is 0 Å². The lowest BCUT2D eigenvalue weighted by Gasteiger charge is -2.30. The topological polar surface area (TPSA) is 54.5 Å². The average Bonchev–Trinajstić information content (AvgIpc) is 2.84. The van der Waals surface area contributed by atoms with Gasteiger partial charge < -0.3 is 15.0 Å². The molecule has 0 saturated carbocycles. The molecule has 5 nitrogen and oxygen atoms in total. The van der Waals surface area contributed by atoms with Crippen LogP contribution in [-0.4, -0.2) is 55.2 Å². The fourth-order valence-corrected chi connectivity index (χ4v) is 2.78. The summed E-state index contributed by atoms with van der Waals surface area (Å²) in [6, 6.07) is 0. The molecule has 1 amide bonds. The third-order valence-corrected chi connectivity index (χ3v) is 4.15. The van der Waals surface area contributed by atoms with E-state index in [1.54, 1.807) is 11.3 Å². The summed E-state index contributed by atoms with van der Waals surface area (Å²) >= 11 is 1.62. The van der Waals surface area contributed by atoms with Crippen molar-refractivity contribution in [1.29, 1.82) is 0 Å². The lowest BCUT2D eigenvalue weighted by Crippen LogP contribution is -2.46. The molecular weight excluding hydrogens is 262 g/mol. The van der Waals surface area contributed by atoms with Gasteiger partial charge in [-0.2, -0.15) is 0 Å². The van der Waals surface area contributed by atoms with Crippen LogP contribution in [0.3, 0.4) is 0 Å². The molecule has 1 unspecified atom stereocenters. The average molecular weight is 283 g/mol. The molecule has 1 N–H and O–H groups in total. The molecule has 1 fully saturated rings. The van der Waals surface area contributed by atoms with Crippen LogP contribution in [-0.2, 0) is 22.4 Å². The molecule has 2 heterocycles. The molecule has 1 aliphatic heterocycles. The minimum absolute atomic E-state index is 0.0183. The highest BCUT2D eigenvalue weighted by molar-refractivity contribution is 7.09. The number of carbonyl (C=O) groups excluding carboxylic acids is 1. The van der Waals surface area contributed by atoms with Gasteiger partial charge in [-0.15, -0.1) is 11.3 Å². The van der Waals surface area contributed by atoms with Crippen molar-refractivity contribution in [3.8, 4) is 0 Å². The molecule has 106 valence electrons. The van der Waals surface area contributed by atoms with Gasteiger partial charge in [-0.1, -0.05) is 6.92 Å². The van der Waals surface area contributed by atoms with Crippen LogP contribution in [0.15, 0.2) is 5.38 Å². The number of carbonyl (C=O) groups is 1. The van der Waals surface area contributed by atoms with E-state index in [0.717, 1.165) is 36.8 Å². The van der Waals surface area contributed by atoms with Crippen LogP contribution in [0.2, 0.25) is 0 Å². The standard InChI is InChI=1S/C13H21N3O2S/c1-3-13-15-10(9-19-13)6-12(17)14-7-11-8-16(2)4-5-18-11/h9,11H,3-8H2,1-2H3,(H,14,17). The Hall–Kier alpha value is -0.980. The van der Waals surface area contributed by atoms with Crippen molar-refractivity contribution in [2.75, 3.05) is 33.3 Å². The lowest BCUT2D eigenvalue weighted by molar-refractivity contribution is -0.121. The Bertz CT molecular complexity index is 422. The molecule has 6 heteroatoms. The summed E-state index contributed by atoms with van der Waals surface area (Å²) in [4.78, 5) is 18.4. The van der Waals surface area contributed by atoms with Crippen LogP contribution in [0.4, 0.5) is 0 Å². The van der Waals surface area contributed by atoms with E-state index in [1.165, 1.54) is 0 Å². The van der Waals surface area contributed by atoms with Crippen molar-refractivity contribution in [2.24, 2.45) is 0 Å². The summed E-state index contributed by atoms with van der Waals surface area (Å²) in [6.45, 7) is 5.22. The van der Waals surface area contributed by atoms with E-state index in [2.05, 4.69) is 29.2 Å². The summed E-state index contributed by atoms with van der Waals surface area (Å²) in [6.07, 6.45) is 1.39. The fraction of sp³-hybridized carbons (Fsp3) is 0.692. The first kappa shape index (κ1) is 14.4. The lowest BCUT2D eigenvalue weighted by atomic mass is 10.2. The van der Waals surface area contributed by atoms with Gasteiger partial charge in [-0.25, -0.2) is 4.98 Å². The SMILES string of the molecule is CCc1nc(CC(=O)NCC2CN(C)CCO2)cs1. The second-order valence-corrected chi connectivity index (χ2v) is 5.76. The quantitative estimate of drug-likeness (QED) is 0.864. The van der Waals surface area contributed by atoms with Crippen LogP contribution in [0.5, 0.6) is 0 Å². The Morgan fingerprint density at radius 2 is 2.53 bits per heavy atom. The van der Waals surface area contributed by atoms with Crippen LogP contribution >= 0.6 is 11.3 Å². The molecule has 1 atom stereocenters. The smallest absolute Gasteiger partial charge is 0.226 e. The van der Waals surface area contributed by atoms with Crippen LogP contribution in [0, 0.1) is 0 Å². The summed E-state index contributed by atoms with van der Waals surface area (Å²) in [5.74, 6) is 0.0183. The predicted octanol–water partition coefficient (Wildman–Crippen LogP) is 0.695. The first-order valence-corrected chi connectivity index (χ1v) is 7.55. The monoisotopic (exact) mass is 283 g/mol. The normalized spacial score (nSPS) is 20.4. The Morgan fingerprint density at radius 3 is 3.21 bits per heavy atom. The van der Waals surface area contributed by atoms with Crippen molar-refractivity contribution in [3.05, 3.63) is 16.1 Å². The highest BCUT2D eigenvalue weighted by atomic mass is 32.1. The second kappa shape index (κ2) is 6.98. The van der Waals surface area contributed by atoms with Crippen LogP contribution < -0.4 is 5.32 Å². The number of thiazole rings is 1. The number of rotatable bonds is 5. The van der Waals surface area contributed by atoms with Gasteiger partial charge in [0, 0.05) is 25.0 Å². The maximum Gasteiger partial charge on any atom is 0.226 e. The van der Waals surface area contributed by atoms with E-state index in [-0.39, 0.29) is 12.0 Å². The largest absolute Gasteiger partial charge is 0.374 e. The Morgan fingerprint density at radius 1 is 1.68 bits per heavy atom. The highest BCUT2D eigenvalue weighted by Gasteiger charge is 2.18. The molecule has 1 aromatic heterocycles. The number of nitrogens with zero attached hydrogens (tertiary/aromatic N) is 2. The van der Waals surface area contributed by atoms with E-state index in [0.29, 0.717) is 13.0 Å². The number of aryl methyl sites for hydroxylation is 1. The van der Waals surface area contributed by atoms with Crippen molar-refractivity contribution in [2.45, 2.75) is 25.9 Å². The molecule has 1 aliphatic rings. The van der Waals surface area contributed by atoms with E-state index in [9.17, 15) is 4.79 Å². The molecule has 19 heavy (non-hydrogen) atoms. The van der Waals surface area contributed by atoms with Gasteiger partial charge in [0.2, 0.25) is 5.91 Å². The molecule has 0 aromatic carbocycles. The molecular formula is C13H21N3O2S. The highest BCUT2D eigenvalue weighted by Crippen LogP contribution is 2.10. The van der Waals surface area contributed by atoms with E-state index >= 15 is 0 Å². The van der Waals surface area contributed by atoms with Crippen molar-refractivity contribution >= 4 is 17.2 Å². The number of amides is 1. The third-order valence-electron chi connectivity index (χ3n) is 3.11. The Balaban J connectivity index is 1.72. The predicted molar refractivity (Wildman–Crippen MR) is 75.4 cm³/mol. The first-order valence-electron chi connectivity index (χ1n) is 6.67. The van der Waals surface area contributed by atoms with Gasteiger partial charge in [-0.05, 0) is 13.5 Å². The molecule has 0 spiro atoms. The maximum absolute atomic E-state index is 11.8. The summed E-state index contributed by atoms with van der Waals surface area (Å²) in [7, 11) is 2.07. The van der Waals surface area contributed by atoms with Crippen molar-refractivity contribution in [3.63, 3.8) is 0 Å². The number of likely N-dealkylation sites (N-methyl/N-ethyl adjacent to an activating group) is 1. The molecule has 1 saturated heterocycles. The zero-order valence-electron chi connectivity index (χ0n) is 11.5. The first-order chi connectivity index (χ1) is 9.17.